The van der Waals surface area contributed by atoms with Gasteiger partial charge >= 0.3 is 0 Å². The normalized spacial score (nSPS) is 18.2. The maximum atomic E-state index is 13.7. The molecule has 0 radical (unpaired) electrons. The van der Waals surface area contributed by atoms with Crippen LogP contribution in [0.5, 0.6) is 0 Å². The highest BCUT2D eigenvalue weighted by molar-refractivity contribution is 7.89. The SMILES string of the molecule is O=C(CN(C1CC1)S(=O)(=O)c1ccc(F)cc1)N1CCc2sccc2C1c1ccc(Cl)cc1Cl. The Bertz CT molecular complexity index is 1340. The summed E-state index contributed by atoms with van der Waals surface area (Å²) >= 11 is 14.3. The van der Waals surface area contributed by atoms with Crippen LogP contribution in [-0.2, 0) is 21.2 Å². The lowest BCUT2D eigenvalue weighted by Gasteiger charge is -2.38. The smallest absolute Gasteiger partial charge is 0.243 e. The third-order valence-electron chi connectivity index (χ3n) is 6.21. The predicted octanol–water partition coefficient (Wildman–Crippen LogP) is 5.52. The Morgan fingerprint density at radius 3 is 2.50 bits per heavy atom. The van der Waals surface area contributed by atoms with Crippen molar-refractivity contribution in [2.45, 2.75) is 36.2 Å². The number of rotatable bonds is 6. The highest BCUT2D eigenvalue weighted by Crippen LogP contribution is 2.41. The molecule has 1 unspecified atom stereocenters. The summed E-state index contributed by atoms with van der Waals surface area (Å²) in [5.74, 6) is -0.818. The second kappa shape index (κ2) is 9.24. The summed E-state index contributed by atoms with van der Waals surface area (Å²) in [6.07, 6.45) is 2.07. The Balaban J connectivity index is 1.48. The van der Waals surface area contributed by atoms with Crippen molar-refractivity contribution in [1.82, 2.24) is 9.21 Å². The number of amides is 1. The minimum atomic E-state index is -3.96. The Labute approximate surface area is 211 Å². The van der Waals surface area contributed by atoms with Crippen LogP contribution in [0.25, 0.3) is 0 Å². The van der Waals surface area contributed by atoms with Gasteiger partial charge in [0.05, 0.1) is 17.5 Å². The maximum absolute atomic E-state index is 13.7. The summed E-state index contributed by atoms with van der Waals surface area (Å²) in [7, 11) is -3.96. The third kappa shape index (κ3) is 4.50. The zero-order valence-electron chi connectivity index (χ0n) is 18.0. The molecule has 1 aliphatic heterocycles. The number of hydrogen-bond donors (Lipinski definition) is 0. The van der Waals surface area contributed by atoms with Crippen molar-refractivity contribution in [3.63, 3.8) is 0 Å². The summed E-state index contributed by atoms with van der Waals surface area (Å²) < 4.78 is 41.3. The van der Waals surface area contributed by atoms with E-state index in [0.717, 1.165) is 23.3 Å². The van der Waals surface area contributed by atoms with Crippen LogP contribution >= 0.6 is 34.5 Å². The standard InChI is InChI=1S/C24H21Cl2FN2O3S2/c25-15-1-8-19(21(26)13-15)24-20-10-12-33-22(20)9-11-28(24)23(30)14-29(17-4-5-17)34(31,32)18-6-2-16(27)3-7-18/h1-3,6-8,10,12-13,17,24H,4-5,9,11,14H2. The van der Waals surface area contributed by atoms with Crippen molar-refractivity contribution >= 4 is 50.5 Å². The minimum Gasteiger partial charge on any atom is -0.330 e. The molecule has 0 saturated heterocycles. The molecule has 1 aliphatic carbocycles. The zero-order chi connectivity index (χ0) is 24.0. The summed E-state index contributed by atoms with van der Waals surface area (Å²) in [6, 6.07) is 11.2. The van der Waals surface area contributed by atoms with Crippen molar-refractivity contribution in [3.05, 3.63) is 85.8 Å². The molecule has 2 aromatic carbocycles. The van der Waals surface area contributed by atoms with Crippen molar-refractivity contribution < 1.29 is 17.6 Å². The molecule has 3 aromatic rings. The van der Waals surface area contributed by atoms with Gasteiger partial charge < -0.3 is 4.90 Å². The zero-order valence-corrected chi connectivity index (χ0v) is 21.1. The van der Waals surface area contributed by atoms with E-state index in [-0.39, 0.29) is 23.4 Å². The predicted molar refractivity (Wildman–Crippen MR) is 131 cm³/mol. The topological polar surface area (TPSA) is 57.7 Å². The average molecular weight is 539 g/mol. The molecule has 1 amide bonds. The summed E-state index contributed by atoms with van der Waals surface area (Å²) in [5.41, 5.74) is 1.74. The van der Waals surface area contributed by atoms with E-state index in [2.05, 4.69) is 0 Å². The fourth-order valence-corrected chi connectivity index (χ4v) is 7.43. The van der Waals surface area contributed by atoms with Crippen LogP contribution < -0.4 is 0 Å². The maximum Gasteiger partial charge on any atom is 0.243 e. The lowest BCUT2D eigenvalue weighted by molar-refractivity contribution is -0.133. The molecular weight excluding hydrogens is 518 g/mol. The summed E-state index contributed by atoms with van der Waals surface area (Å²) in [4.78, 5) is 16.5. The quantitative estimate of drug-likeness (QED) is 0.415. The Kier molecular flexibility index (Phi) is 6.46. The van der Waals surface area contributed by atoms with E-state index in [1.165, 1.54) is 21.3 Å². The second-order valence-corrected chi connectivity index (χ2v) is 12.2. The third-order valence-corrected chi connectivity index (χ3v) is 9.68. The number of carbonyl (C=O) groups is 1. The largest absolute Gasteiger partial charge is 0.330 e. The van der Waals surface area contributed by atoms with Gasteiger partial charge in [-0.3, -0.25) is 4.79 Å². The fourth-order valence-electron chi connectivity index (χ4n) is 4.38. The molecule has 5 nitrogen and oxygen atoms in total. The van der Waals surface area contributed by atoms with Crippen LogP contribution in [-0.4, -0.2) is 42.7 Å². The van der Waals surface area contributed by atoms with Crippen molar-refractivity contribution in [2.24, 2.45) is 0 Å². The van der Waals surface area contributed by atoms with Crippen LogP contribution in [0.3, 0.4) is 0 Å². The number of thiophene rings is 1. The molecule has 1 saturated carbocycles. The van der Waals surface area contributed by atoms with Crippen molar-refractivity contribution in [1.29, 1.82) is 0 Å². The molecule has 178 valence electrons. The molecule has 1 aromatic heterocycles. The molecule has 34 heavy (non-hydrogen) atoms. The van der Waals surface area contributed by atoms with Crippen LogP contribution in [0.2, 0.25) is 10.0 Å². The van der Waals surface area contributed by atoms with Gasteiger partial charge in [-0.1, -0.05) is 29.3 Å². The highest BCUT2D eigenvalue weighted by Gasteiger charge is 2.42. The first-order valence-corrected chi connectivity index (χ1v) is 13.9. The van der Waals surface area contributed by atoms with Gasteiger partial charge in [0, 0.05) is 27.5 Å². The molecule has 2 heterocycles. The van der Waals surface area contributed by atoms with Gasteiger partial charge in [0.2, 0.25) is 15.9 Å². The van der Waals surface area contributed by atoms with Crippen LogP contribution in [0.15, 0.2) is 58.8 Å². The summed E-state index contributed by atoms with van der Waals surface area (Å²) in [5, 5.41) is 2.94. The van der Waals surface area contributed by atoms with Crippen LogP contribution in [0, 0.1) is 5.82 Å². The molecule has 5 rings (SSSR count). The molecule has 0 N–H and O–H groups in total. The lowest BCUT2D eigenvalue weighted by Crippen LogP contribution is -2.47. The molecule has 0 spiro atoms. The van der Waals surface area contributed by atoms with E-state index in [1.54, 1.807) is 28.4 Å². The number of carbonyl (C=O) groups excluding carboxylic acids is 1. The lowest BCUT2D eigenvalue weighted by atomic mass is 9.93. The molecule has 10 heteroatoms. The van der Waals surface area contributed by atoms with E-state index >= 15 is 0 Å². The molecule has 2 aliphatic rings. The van der Waals surface area contributed by atoms with E-state index < -0.39 is 21.9 Å². The molecular formula is C24H21Cl2FN2O3S2. The number of fused-ring (bicyclic) bond motifs is 1. The van der Waals surface area contributed by atoms with E-state index in [0.29, 0.717) is 35.9 Å². The first kappa shape index (κ1) is 23.8. The van der Waals surface area contributed by atoms with Crippen molar-refractivity contribution in [3.8, 4) is 0 Å². The van der Waals surface area contributed by atoms with Crippen LogP contribution in [0.4, 0.5) is 4.39 Å². The number of sulfonamides is 1. The van der Waals surface area contributed by atoms with Gasteiger partial charge in [-0.2, -0.15) is 4.31 Å². The molecule has 1 atom stereocenters. The number of hydrogen-bond acceptors (Lipinski definition) is 4. The number of nitrogens with zero attached hydrogens (tertiary/aromatic N) is 2. The average Bonchev–Trinajstić information content (AvgIpc) is 3.52. The Morgan fingerprint density at radius 2 is 1.82 bits per heavy atom. The van der Waals surface area contributed by atoms with E-state index in [4.69, 9.17) is 23.2 Å². The van der Waals surface area contributed by atoms with Crippen molar-refractivity contribution in [2.75, 3.05) is 13.1 Å². The first-order valence-electron chi connectivity index (χ1n) is 10.8. The fraction of sp³-hybridized carbons (Fsp3) is 0.292. The van der Waals surface area contributed by atoms with Gasteiger partial charge in [0.1, 0.15) is 5.82 Å². The van der Waals surface area contributed by atoms with Crippen LogP contribution in [0.1, 0.15) is 34.9 Å². The minimum absolute atomic E-state index is 0.0235. The Morgan fingerprint density at radius 1 is 1.09 bits per heavy atom. The highest BCUT2D eigenvalue weighted by atomic mass is 35.5. The number of halogens is 3. The summed E-state index contributed by atoms with van der Waals surface area (Å²) in [6.45, 7) is 0.163. The van der Waals surface area contributed by atoms with Gasteiger partial charge in [-0.25, -0.2) is 12.8 Å². The second-order valence-electron chi connectivity index (χ2n) is 8.44. The molecule has 0 bridgehead atoms. The monoisotopic (exact) mass is 538 g/mol. The molecule has 1 fully saturated rings. The number of benzene rings is 2. The van der Waals surface area contributed by atoms with E-state index in [1.807, 2.05) is 17.5 Å². The van der Waals surface area contributed by atoms with E-state index in [9.17, 15) is 17.6 Å². The first-order chi connectivity index (χ1) is 16.3. The Hall–Kier alpha value is -1.97. The van der Waals surface area contributed by atoms with Gasteiger partial charge in [0.25, 0.3) is 0 Å². The van der Waals surface area contributed by atoms with Gasteiger partial charge in [-0.15, -0.1) is 11.3 Å². The van der Waals surface area contributed by atoms with Gasteiger partial charge in [0.15, 0.2) is 0 Å². The van der Waals surface area contributed by atoms with Gasteiger partial charge in [-0.05, 0) is 78.2 Å².